The lowest BCUT2D eigenvalue weighted by Crippen LogP contribution is -2.47. The van der Waals surface area contributed by atoms with Crippen molar-refractivity contribution >= 4 is 58.6 Å². The van der Waals surface area contributed by atoms with Crippen LogP contribution in [0.4, 0.5) is 5.82 Å². The molecule has 0 spiro atoms. The Labute approximate surface area is 292 Å². The molecule has 2 aliphatic rings. The average Bonchev–Trinajstić information content (AvgIpc) is 3.62. The third-order valence-electron chi connectivity index (χ3n) is 7.35. The van der Waals surface area contributed by atoms with E-state index in [1.54, 1.807) is 29.4 Å². The summed E-state index contributed by atoms with van der Waals surface area (Å²) in [5.74, 6) is -0.360. The fourth-order valence-electron chi connectivity index (χ4n) is 5.01. The SMILES string of the molecule is [2H]C[C@H]1O[C@@H](n2cnc3c(NC(=O)C(C)C)ncnc32)C(OC(=S)N2CCS(=O)(=O)CC2)[C@H]1OP(ONCC=C)N(C(C)C)C(C)C.[3H]OC. The number of ether oxygens (including phenoxy) is 2. The number of nitrogens with one attached hydrogen (secondary N) is 2. The molecule has 4 rings (SSSR count). The largest absolute Gasteiger partial charge is 0.460 e. The molecule has 48 heavy (non-hydrogen) atoms. The molecule has 0 saturated carbocycles. The van der Waals surface area contributed by atoms with Crippen LogP contribution in [0.15, 0.2) is 25.3 Å². The number of carbonyl (C=O) groups is 1. The highest BCUT2D eigenvalue weighted by Gasteiger charge is 2.50. The van der Waals surface area contributed by atoms with Gasteiger partial charge in [0.2, 0.25) is 7.34 Å². The van der Waals surface area contributed by atoms with Gasteiger partial charge in [0.15, 0.2) is 39.2 Å². The average molecular weight is 736 g/mol. The van der Waals surface area contributed by atoms with Crippen molar-refractivity contribution in [1.82, 2.24) is 34.6 Å². The van der Waals surface area contributed by atoms with Crippen LogP contribution in [0.25, 0.3) is 11.2 Å². The van der Waals surface area contributed by atoms with Crippen LogP contribution in [0.1, 0.15) is 56.0 Å². The molecule has 0 aliphatic carbocycles. The second-order valence-corrected chi connectivity index (χ2v) is 15.8. The summed E-state index contributed by atoms with van der Waals surface area (Å²) in [6, 6.07) is 0.0624. The molecule has 0 aromatic carbocycles. The number of anilines is 1. The number of aliphatic hydroxyl groups is 1. The maximum atomic E-state index is 12.5. The van der Waals surface area contributed by atoms with Crippen molar-refractivity contribution in [3.05, 3.63) is 25.3 Å². The van der Waals surface area contributed by atoms with E-state index in [0.717, 1.165) is 0 Å². The quantitative estimate of drug-likeness (QED) is 0.0897. The minimum Gasteiger partial charge on any atom is -0.460 e. The van der Waals surface area contributed by atoms with Crippen molar-refractivity contribution in [2.24, 2.45) is 5.92 Å². The highest BCUT2D eigenvalue weighted by molar-refractivity contribution is 7.91. The van der Waals surface area contributed by atoms with E-state index in [1.807, 2.05) is 27.7 Å². The fraction of sp³-hybridized carbons (Fsp3) is 0.690. The fourth-order valence-corrected chi connectivity index (χ4v) is 8.16. The summed E-state index contributed by atoms with van der Waals surface area (Å²) in [4.78, 5) is 27.3. The molecule has 2 unspecified atom stereocenters. The Bertz CT molecular complexity index is 1520. The Morgan fingerprint density at radius 2 is 1.94 bits per heavy atom. The van der Waals surface area contributed by atoms with Crippen LogP contribution in [-0.4, -0.2) is 124 Å². The number of thiocarbonyl (C=S) groups is 1. The normalized spacial score (nSPS) is 23.5. The maximum Gasteiger partial charge on any atom is 0.277 e. The van der Waals surface area contributed by atoms with Crippen LogP contribution >= 0.6 is 20.7 Å². The third kappa shape index (κ3) is 9.85. The van der Waals surface area contributed by atoms with Gasteiger partial charge in [0.25, 0.3) is 13.7 Å². The van der Waals surface area contributed by atoms with Crippen molar-refractivity contribution < 1.29 is 38.3 Å². The summed E-state index contributed by atoms with van der Waals surface area (Å²) in [7, 11) is -3.64. The van der Waals surface area contributed by atoms with E-state index >= 15 is 0 Å². The zero-order chi connectivity index (χ0) is 37.2. The molecular weight excluding hydrogens is 683 g/mol. The lowest BCUT2D eigenvalue weighted by Gasteiger charge is -2.38. The standard InChI is InChI=1S/C28H45N8O7PS2.CH4O/c1-9-10-32-43-44(36(18(4)5)19(6)7)42-22-20(8)40-27(23(22)41-28(45)34-11-13-46(38,39)14-12-34)35-16-31-21-24(29-15-30-25(21)35)33-26(37)17(2)3;1-2/h9,15-20,22-23,27,32H,1,10-14H2,2-8H3,(H,29,30,33,37);2H,1H3/t20-,22+,23?,27-,44?;/m1./s1/i8D;2T. The molecule has 2 aromatic heterocycles. The van der Waals surface area contributed by atoms with Gasteiger partial charge in [-0.25, -0.2) is 32.7 Å². The molecule has 270 valence electrons. The lowest BCUT2D eigenvalue weighted by molar-refractivity contribution is -0.118. The van der Waals surface area contributed by atoms with Crippen molar-refractivity contribution in [2.75, 3.05) is 43.6 Å². The van der Waals surface area contributed by atoms with Crippen LogP contribution in [0.5, 0.6) is 0 Å². The monoisotopic (exact) mass is 735 g/mol. The molecule has 0 radical (unpaired) electrons. The molecule has 2 aromatic rings. The van der Waals surface area contributed by atoms with Crippen molar-refractivity contribution in [1.29, 1.82) is 1.43 Å². The Kier molecular flexibility index (Phi) is 13.8. The van der Waals surface area contributed by atoms with Gasteiger partial charge in [0.05, 0.1) is 23.9 Å². The minimum absolute atomic E-state index is 0.0312. The summed E-state index contributed by atoms with van der Waals surface area (Å²) in [6.07, 6.45) is 0.967. The second-order valence-electron chi connectivity index (χ2n) is 11.8. The van der Waals surface area contributed by atoms with Crippen LogP contribution in [0.2, 0.25) is 0 Å². The van der Waals surface area contributed by atoms with Gasteiger partial charge in [-0.2, -0.15) is 5.48 Å². The van der Waals surface area contributed by atoms with Gasteiger partial charge in [-0.3, -0.25) is 9.36 Å². The zero-order valence-electron chi connectivity index (χ0n) is 30.4. The molecule has 3 N–H and O–H groups in total. The highest BCUT2D eigenvalue weighted by Crippen LogP contribution is 2.50. The van der Waals surface area contributed by atoms with Gasteiger partial charge >= 0.3 is 0 Å². The van der Waals surface area contributed by atoms with Crippen LogP contribution < -0.4 is 10.8 Å². The van der Waals surface area contributed by atoms with Gasteiger partial charge in [0.1, 0.15) is 12.4 Å². The molecule has 19 heteroatoms. The maximum absolute atomic E-state index is 12.5. The summed E-state index contributed by atoms with van der Waals surface area (Å²) < 4.78 is 67.8. The van der Waals surface area contributed by atoms with E-state index in [9.17, 15) is 13.2 Å². The molecule has 5 atom stereocenters. The van der Waals surface area contributed by atoms with Crippen molar-refractivity contribution in [2.45, 2.75) is 85.1 Å². The number of imidazole rings is 1. The number of aliphatic hydroxyl groups excluding tert-OH is 1. The minimum atomic E-state index is -3.16. The molecule has 4 heterocycles. The van der Waals surface area contributed by atoms with Gasteiger partial charge in [0, 0.05) is 46.1 Å². The van der Waals surface area contributed by atoms with Crippen molar-refractivity contribution in [3.8, 4) is 0 Å². The highest BCUT2D eigenvalue weighted by atomic mass is 32.2. The predicted molar refractivity (Wildman–Crippen MR) is 187 cm³/mol. The first-order chi connectivity index (χ1) is 23.7. The number of hydrogen-bond acceptors (Lipinski definition) is 14. The van der Waals surface area contributed by atoms with E-state index in [-0.39, 0.29) is 66.4 Å². The Morgan fingerprint density at radius 3 is 2.52 bits per heavy atom. The van der Waals surface area contributed by atoms with E-state index < -0.39 is 42.9 Å². The Balaban J connectivity index is 0.00000217. The number of carbonyl (C=O) groups excluding carboxylic acids is 1. The molecule has 2 fully saturated rings. The number of nitrogens with zero attached hydrogens (tertiary/aromatic N) is 6. The van der Waals surface area contributed by atoms with Crippen molar-refractivity contribution in [3.63, 3.8) is 0 Å². The number of fused-ring (bicyclic) bond motifs is 1. The molecule has 1 amide bonds. The first-order valence-electron chi connectivity index (χ1n) is 16.6. The van der Waals surface area contributed by atoms with Crippen LogP contribution in [0.3, 0.4) is 0 Å². The number of sulfone groups is 1. The van der Waals surface area contributed by atoms with Gasteiger partial charge < -0.3 is 29.3 Å². The summed E-state index contributed by atoms with van der Waals surface area (Å²) in [5, 5.41) is 6.38. The summed E-state index contributed by atoms with van der Waals surface area (Å²) in [5.41, 5.74) is 3.59. The lowest BCUT2D eigenvalue weighted by atomic mass is 10.1. The third-order valence-corrected chi connectivity index (χ3v) is 11.3. The molecule has 2 saturated heterocycles. The van der Waals surface area contributed by atoms with Gasteiger partial charge in [-0.1, -0.05) is 19.9 Å². The topological polar surface area (TPSA) is 182 Å². The summed E-state index contributed by atoms with van der Waals surface area (Å²) in [6.45, 7) is 16.0. The van der Waals surface area contributed by atoms with E-state index in [4.69, 9.17) is 33.6 Å². The second kappa shape index (κ2) is 18.0. The first-order valence-corrected chi connectivity index (χ1v) is 18.9. The van der Waals surface area contributed by atoms with Crippen LogP contribution in [-0.2, 0) is 33.3 Å². The Hall–Kier alpha value is -2.41. The Morgan fingerprint density at radius 1 is 1.27 bits per heavy atom. The number of hydrogen-bond donors (Lipinski definition) is 3. The van der Waals surface area contributed by atoms with Crippen LogP contribution in [0, 0.1) is 5.92 Å². The first kappa shape index (κ1) is 36.9. The smallest absolute Gasteiger partial charge is 0.277 e. The zero-order valence-corrected chi connectivity index (χ0v) is 31.0. The number of amides is 1. The number of rotatable bonds is 13. The predicted octanol–water partition coefficient (Wildman–Crippen LogP) is 2.79. The van der Waals surface area contributed by atoms with Gasteiger partial charge in [-0.15, -0.1) is 6.58 Å². The van der Waals surface area contributed by atoms with E-state index in [1.165, 1.54) is 19.8 Å². The van der Waals surface area contributed by atoms with Gasteiger partial charge in [-0.05, 0) is 46.8 Å². The molecule has 0 bridgehead atoms. The van der Waals surface area contributed by atoms with E-state index in [0.29, 0.717) is 17.7 Å². The van der Waals surface area contributed by atoms with E-state index in [2.05, 4.69) is 42.1 Å². The summed E-state index contributed by atoms with van der Waals surface area (Å²) >= 11 is 5.71. The number of hydroxylamine groups is 1. The number of aromatic nitrogens is 4. The molecule has 16 nitrogen and oxygen atoms in total. The molecule has 2 aliphatic heterocycles. The molecular formula is C29H49N8O8PS2.